The largest absolute Gasteiger partial charge is 0.324 e. The van der Waals surface area contributed by atoms with Crippen LogP contribution in [0.2, 0.25) is 0 Å². The summed E-state index contributed by atoms with van der Waals surface area (Å²) < 4.78 is 13.3. The second-order valence-electron chi connectivity index (χ2n) is 3.40. The molecule has 4 nitrogen and oxygen atoms in total. The Hall–Kier alpha value is -2.48. The Labute approximate surface area is 112 Å². The number of aromatic nitrogens is 2. The molecule has 19 heavy (non-hydrogen) atoms. The van der Waals surface area contributed by atoms with E-state index in [-0.39, 0.29) is 17.3 Å². The molecule has 0 saturated carbocycles. The number of aryl methyl sites for hydroxylation is 1. The lowest BCUT2D eigenvalue weighted by Gasteiger charge is -2.06. The van der Waals surface area contributed by atoms with Gasteiger partial charge in [-0.05, 0) is 19.1 Å². The molecule has 1 heterocycles. The first-order valence-electron chi connectivity index (χ1n) is 5.97. The number of nitrogens with one attached hydrogen (secondary N) is 1. The van der Waals surface area contributed by atoms with Crippen molar-refractivity contribution in [3.8, 4) is 6.07 Å². The minimum atomic E-state index is -0.675. The Morgan fingerprint density at radius 1 is 1.16 bits per heavy atom. The fraction of sp³-hybridized carbons (Fsp3) is 0.214. The summed E-state index contributed by atoms with van der Waals surface area (Å²) >= 11 is 0. The molecule has 2 aromatic rings. The predicted molar refractivity (Wildman–Crippen MR) is 72.5 cm³/mol. The van der Waals surface area contributed by atoms with Gasteiger partial charge in [0.25, 0.3) is 0 Å². The molecule has 0 aliphatic rings. The molecule has 0 fully saturated rings. The van der Waals surface area contributed by atoms with Gasteiger partial charge in [-0.1, -0.05) is 32.0 Å². The molecular formula is C14H15FN4. The van der Waals surface area contributed by atoms with Crippen LogP contribution in [0.1, 0.15) is 25.2 Å². The molecule has 0 radical (unpaired) electrons. The summed E-state index contributed by atoms with van der Waals surface area (Å²) in [5, 5.41) is 11.6. The van der Waals surface area contributed by atoms with Gasteiger partial charge in [-0.25, -0.2) is 9.37 Å². The summed E-state index contributed by atoms with van der Waals surface area (Å²) in [6.07, 6.45) is 0. The lowest BCUT2D eigenvalue weighted by molar-refractivity contribution is 0.597. The van der Waals surface area contributed by atoms with E-state index in [4.69, 9.17) is 5.26 Å². The highest BCUT2D eigenvalue weighted by Crippen LogP contribution is 2.15. The van der Waals surface area contributed by atoms with Crippen molar-refractivity contribution in [3.63, 3.8) is 0 Å². The lowest BCUT2D eigenvalue weighted by Crippen LogP contribution is -2.03. The van der Waals surface area contributed by atoms with Crippen molar-refractivity contribution in [2.45, 2.75) is 20.8 Å². The third kappa shape index (κ3) is 3.75. The lowest BCUT2D eigenvalue weighted by atomic mass is 10.3. The molecule has 2 rings (SSSR count). The number of rotatable bonds is 2. The maximum atomic E-state index is 13.3. The van der Waals surface area contributed by atoms with Crippen LogP contribution in [0.5, 0.6) is 0 Å². The Morgan fingerprint density at radius 2 is 1.79 bits per heavy atom. The monoisotopic (exact) mass is 258 g/mol. The van der Waals surface area contributed by atoms with Crippen molar-refractivity contribution in [1.29, 1.82) is 5.26 Å². The van der Waals surface area contributed by atoms with E-state index >= 15 is 0 Å². The van der Waals surface area contributed by atoms with Crippen LogP contribution in [-0.2, 0) is 0 Å². The summed E-state index contributed by atoms with van der Waals surface area (Å²) in [6.45, 7) is 5.49. The Bertz CT molecular complexity index is 576. The minimum Gasteiger partial charge on any atom is -0.324 e. The molecule has 0 bridgehead atoms. The Morgan fingerprint density at radius 3 is 2.37 bits per heavy atom. The standard InChI is InChI=1S/C12H9FN4.C2H6/c1-8-11(13)10(7-14)17-12(15-8)16-9-5-3-2-4-6-9;1-2/h2-6H,1H3,(H,15,16,17);1-2H3. The highest BCUT2D eigenvalue weighted by atomic mass is 19.1. The minimum absolute atomic E-state index is 0.148. The Kier molecular flexibility index (Phi) is 5.42. The van der Waals surface area contributed by atoms with E-state index in [9.17, 15) is 4.39 Å². The van der Waals surface area contributed by atoms with Gasteiger partial charge >= 0.3 is 0 Å². The normalized spacial score (nSPS) is 9.00. The van der Waals surface area contributed by atoms with Crippen molar-refractivity contribution >= 4 is 11.6 Å². The summed E-state index contributed by atoms with van der Waals surface area (Å²) in [4.78, 5) is 7.72. The van der Waals surface area contributed by atoms with Crippen LogP contribution in [0.3, 0.4) is 0 Å². The zero-order valence-corrected chi connectivity index (χ0v) is 11.1. The average molecular weight is 258 g/mol. The number of anilines is 2. The van der Waals surface area contributed by atoms with Gasteiger partial charge in [0.2, 0.25) is 5.95 Å². The second-order valence-corrected chi connectivity index (χ2v) is 3.40. The predicted octanol–water partition coefficient (Wildman–Crippen LogP) is 3.57. The van der Waals surface area contributed by atoms with E-state index in [1.54, 1.807) is 6.07 Å². The van der Waals surface area contributed by atoms with Gasteiger partial charge in [0.15, 0.2) is 11.5 Å². The zero-order chi connectivity index (χ0) is 14.3. The first-order valence-corrected chi connectivity index (χ1v) is 5.97. The first-order chi connectivity index (χ1) is 9.20. The van der Waals surface area contributed by atoms with E-state index in [0.29, 0.717) is 0 Å². The molecule has 0 spiro atoms. The number of halogens is 1. The van der Waals surface area contributed by atoms with Crippen molar-refractivity contribution < 1.29 is 4.39 Å². The third-order valence-corrected chi connectivity index (χ3v) is 2.15. The summed E-state index contributed by atoms with van der Waals surface area (Å²) in [5.41, 5.74) is 0.674. The number of para-hydroxylation sites is 1. The van der Waals surface area contributed by atoms with Crippen LogP contribution < -0.4 is 5.32 Å². The number of nitrogens with zero attached hydrogens (tertiary/aromatic N) is 3. The fourth-order valence-corrected chi connectivity index (χ4v) is 1.34. The van der Waals surface area contributed by atoms with Gasteiger partial charge in [-0.2, -0.15) is 10.2 Å². The summed E-state index contributed by atoms with van der Waals surface area (Å²) in [7, 11) is 0. The summed E-state index contributed by atoms with van der Waals surface area (Å²) in [5.74, 6) is -0.460. The van der Waals surface area contributed by atoms with Gasteiger partial charge in [0, 0.05) is 5.69 Å². The van der Waals surface area contributed by atoms with Crippen LogP contribution >= 0.6 is 0 Å². The van der Waals surface area contributed by atoms with Gasteiger partial charge in [0.05, 0.1) is 5.69 Å². The highest BCUT2D eigenvalue weighted by Gasteiger charge is 2.10. The van der Waals surface area contributed by atoms with Crippen molar-refractivity contribution in [2.24, 2.45) is 0 Å². The van der Waals surface area contributed by atoms with Crippen molar-refractivity contribution in [3.05, 3.63) is 47.5 Å². The highest BCUT2D eigenvalue weighted by molar-refractivity contribution is 5.53. The fourth-order valence-electron chi connectivity index (χ4n) is 1.34. The number of hydrogen-bond donors (Lipinski definition) is 1. The van der Waals surface area contributed by atoms with Gasteiger partial charge < -0.3 is 5.32 Å². The molecule has 1 aromatic heterocycles. The molecule has 5 heteroatoms. The van der Waals surface area contributed by atoms with Crippen LogP contribution in [0.15, 0.2) is 30.3 Å². The third-order valence-electron chi connectivity index (χ3n) is 2.15. The molecule has 0 atom stereocenters. The molecule has 1 N–H and O–H groups in total. The van der Waals surface area contributed by atoms with E-state index < -0.39 is 5.82 Å². The molecular weight excluding hydrogens is 243 g/mol. The van der Waals surface area contributed by atoms with Gasteiger partial charge in [-0.15, -0.1) is 0 Å². The molecule has 98 valence electrons. The molecule has 0 unspecified atom stereocenters. The number of benzene rings is 1. The first kappa shape index (κ1) is 14.6. The van der Waals surface area contributed by atoms with E-state index in [2.05, 4.69) is 15.3 Å². The SMILES string of the molecule is CC.Cc1nc(Nc2ccccc2)nc(C#N)c1F. The van der Waals surface area contributed by atoms with E-state index in [1.165, 1.54) is 6.92 Å². The van der Waals surface area contributed by atoms with Crippen molar-refractivity contribution in [1.82, 2.24) is 9.97 Å². The molecule has 0 saturated heterocycles. The molecule has 1 aromatic carbocycles. The number of hydrogen-bond acceptors (Lipinski definition) is 4. The van der Waals surface area contributed by atoms with Crippen LogP contribution in [0.25, 0.3) is 0 Å². The topological polar surface area (TPSA) is 61.6 Å². The van der Waals surface area contributed by atoms with Gasteiger partial charge in [0.1, 0.15) is 6.07 Å². The number of nitriles is 1. The molecule has 0 aliphatic carbocycles. The quantitative estimate of drug-likeness (QED) is 0.894. The van der Waals surface area contributed by atoms with E-state index in [0.717, 1.165) is 5.69 Å². The summed E-state index contributed by atoms with van der Waals surface area (Å²) in [6, 6.07) is 10.9. The smallest absolute Gasteiger partial charge is 0.228 e. The second kappa shape index (κ2) is 7.07. The van der Waals surface area contributed by atoms with Crippen LogP contribution in [0, 0.1) is 24.1 Å². The Balaban J connectivity index is 0.000000861. The molecule has 0 amide bonds. The van der Waals surface area contributed by atoms with Crippen LogP contribution in [-0.4, -0.2) is 9.97 Å². The van der Waals surface area contributed by atoms with E-state index in [1.807, 2.05) is 44.2 Å². The van der Waals surface area contributed by atoms with Crippen molar-refractivity contribution in [2.75, 3.05) is 5.32 Å². The maximum Gasteiger partial charge on any atom is 0.228 e. The zero-order valence-electron chi connectivity index (χ0n) is 11.1. The molecule has 0 aliphatic heterocycles. The van der Waals surface area contributed by atoms with Crippen LogP contribution in [0.4, 0.5) is 16.0 Å². The van der Waals surface area contributed by atoms with Gasteiger partial charge in [-0.3, -0.25) is 0 Å². The maximum absolute atomic E-state index is 13.3. The average Bonchev–Trinajstić information content (AvgIpc) is 2.46.